The van der Waals surface area contributed by atoms with Gasteiger partial charge in [-0.25, -0.2) is 0 Å². The molecule has 0 amide bonds. The van der Waals surface area contributed by atoms with Gasteiger partial charge in [-0.15, -0.1) is 0 Å². The molecule has 0 aromatic rings. The Morgan fingerprint density at radius 3 is 2.17 bits per heavy atom. The van der Waals surface area contributed by atoms with Gasteiger partial charge in [-0.2, -0.15) is 13.2 Å². The van der Waals surface area contributed by atoms with Gasteiger partial charge in [0.25, 0.3) is 0 Å². The second kappa shape index (κ2) is 5.41. The van der Waals surface area contributed by atoms with Gasteiger partial charge < -0.3 is 5.11 Å². The molecule has 1 atom stereocenters. The highest BCUT2D eigenvalue weighted by atomic mass is 19.4. The van der Waals surface area contributed by atoms with Crippen LogP contribution in [0, 0.1) is 5.92 Å². The van der Waals surface area contributed by atoms with Crippen molar-refractivity contribution in [3.63, 3.8) is 0 Å². The number of alkyl halides is 3. The summed E-state index contributed by atoms with van der Waals surface area (Å²) in [6.07, 6.45) is -3.09. The fourth-order valence-corrected chi connectivity index (χ4v) is 1.16. The number of aliphatic hydroxyl groups is 1. The zero-order chi connectivity index (χ0) is 9.61. The first-order valence-corrected chi connectivity index (χ1v) is 4.20. The second-order valence-electron chi connectivity index (χ2n) is 2.89. The van der Waals surface area contributed by atoms with Crippen molar-refractivity contribution in [2.24, 2.45) is 5.92 Å². The van der Waals surface area contributed by atoms with Crippen LogP contribution in [-0.4, -0.2) is 17.9 Å². The summed E-state index contributed by atoms with van der Waals surface area (Å²) in [5.74, 6) is -1.23. The molecule has 0 fully saturated rings. The van der Waals surface area contributed by atoms with Gasteiger partial charge in [0.15, 0.2) is 0 Å². The lowest BCUT2D eigenvalue weighted by Crippen LogP contribution is -2.22. The lowest BCUT2D eigenvalue weighted by atomic mass is 9.98. The highest BCUT2D eigenvalue weighted by Crippen LogP contribution is 2.32. The summed E-state index contributed by atoms with van der Waals surface area (Å²) in [5, 5.41) is 8.38. The molecule has 0 saturated carbocycles. The molecule has 0 saturated heterocycles. The normalized spacial score (nSPS) is 14.8. The van der Waals surface area contributed by atoms with E-state index >= 15 is 0 Å². The average molecular weight is 184 g/mol. The van der Waals surface area contributed by atoms with Crippen molar-refractivity contribution < 1.29 is 18.3 Å². The Balaban J connectivity index is 3.86. The highest BCUT2D eigenvalue weighted by Gasteiger charge is 2.37. The van der Waals surface area contributed by atoms with Gasteiger partial charge in [-0.05, 0) is 19.3 Å². The summed E-state index contributed by atoms with van der Waals surface area (Å²) in [6.45, 7) is 1.58. The molecule has 0 bridgehead atoms. The number of hydrogen-bond acceptors (Lipinski definition) is 1. The van der Waals surface area contributed by atoms with Gasteiger partial charge in [-0.3, -0.25) is 0 Å². The number of rotatable bonds is 5. The maximum Gasteiger partial charge on any atom is 0.391 e. The summed E-state index contributed by atoms with van der Waals surface area (Å²) in [5.41, 5.74) is 0. The summed E-state index contributed by atoms with van der Waals surface area (Å²) in [7, 11) is 0. The van der Waals surface area contributed by atoms with Crippen LogP contribution in [0.3, 0.4) is 0 Å². The SMILES string of the molecule is CCCC(CCCO)C(F)(F)F. The van der Waals surface area contributed by atoms with E-state index in [9.17, 15) is 13.2 Å². The van der Waals surface area contributed by atoms with E-state index < -0.39 is 12.1 Å². The predicted molar refractivity (Wildman–Crippen MR) is 40.8 cm³/mol. The van der Waals surface area contributed by atoms with Crippen molar-refractivity contribution in [2.45, 2.75) is 38.8 Å². The summed E-state index contributed by atoms with van der Waals surface area (Å²) in [6, 6.07) is 0. The van der Waals surface area contributed by atoms with Gasteiger partial charge in [0.05, 0.1) is 5.92 Å². The molecule has 0 radical (unpaired) electrons. The Morgan fingerprint density at radius 2 is 1.83 bits per heavy atom. The topological polar surface area (TPSA) is 20.2 Å². The van der Waals surface area contributed by atoms with Crippen LogP contribution < -0.4 is 0 Å². The largest absolute Gasteiger partial charge is 0.396 e. The van der Waals surface area contributed by atoms with E-state index in [1.54, 1.807) is 6.92 Å². The molecule has 0 heterocycles. The molecule has 12 heavy (non-hydrogen) atoms. The maximum atomic E-state index is 12.1. The molecule has 0 rings (SSSR count). The molecule has 74 valence electrons. The molecule has 1 unspecified atom stereocenters. The summed E-state index contributed by atoms with van der Waals surface area (Å²) >= 11 is 0. The lowest BCUT2D eigenvalue weighted by Gasteiger charge is -2.18. The van der Waals surface area contributed by atoms with Gasteiger partial charge in [0.2, 0.25) is 0 Å². The Morgan fingerprint density at radius 1 is 1.25 bits per heavy atom. The molecule has 0 spiro atoms. The van der Waals surface area contributed by atoms with Crippen molar-refractivity contribution in [1.29, 1.82) is 0 Å². The molecule has 0 aromatic carbocycles. The smallest absolute Gasteiger partial charge is 0.391 e. The van der Waals surface area contributed by atoms with Gasteiger partial charge in [0.1, 0.15) is 0 Å². The Bertz CT molecular complexity index is 111. The van der Waals surface area contributed by atoms with E-state index in [0.717, 1.165) is 0 Å². The van der Waals surface area contributed by atoms with Crippen molar-refractivity contribution >= 4 is 0 Å². The van der Waals surface area contributed by atoms with Crippen LogP contribution in [0.4, 0.5) is 13.2 Å². The third kappa shape index (κ3) is 4.59. The predicted octanol–water partition coefficient (Wildman–Crippen LogP) is 2.74. The zero-order valence-electron chi connectivity index (χ0n) is 7.19. The van der Waals surface area contributed by atoms with Gasteiger partial charge >= 0.3 is 6.18 Å². The third-order valence-electron chi connectivity index (χ3n) is 1.81. The summed E-state index contributed by atoms with van der Waals surface area (Å²) in [4.78, 5) is 0. The Kier molecular flexibility index (Phi) is 5.29. The Labute approximate surface area is 70.6 Å². The molecule has 1 nitrogen and oxygen atoms in total. The van der Waals surface area contributed by atoms with Crippen LogP contribution in [0.5, 0.6) is 0 Å². The van der Waals surface area contributed by atoms with E-state index in [0.29, 0.717) is 6.42 Å². The van der Waals surface area contributed by atoms with Crippen LogP contribution in [0.1, 0.15) is 32.6 Å². The number of aliphatic hydroxyl groups excluding tert-OH is 1. The molecule has 4 heteroatoms. The molecule has 1 N–H and O–H groups in total. The molecular weight excluding hydrogens is 169 g/mol. The van der Waals surface area contributed by atoms with Crippen molar-refractivity contribution in [3.8, 4) is 0 Å². The van der Waals surface area contributed by atoms with E-state index in [4.69, 9.17) is 5.11 Å². The van der Waals surface area contributed by atoms with E-state index in [1.165, 1.54) is 0 Å². The van der Waals surface area contributed by atoms with Crippen LogP contribution in [0.2, 0.25) is 0 Å². The van der Waals surface area contributed by atoms with Gasteiger partial charge in [0, 0.05) is 6.61 Å². The van der Waals surface area contributed by atoms with E-state index in [1.807, 2.05) is 0 Å². The minimum atomic E-state index is -4.09. The fourth-order valence-electron chi connectivity index (χ4n) is 1.16. The van der Waals surface area contributed by atoms with Crippen molar-refractivity contribution in [2.75, 3.05) is 6.61 Å². The van der Waals surface area contributed by atoms with Gasteiger partial charge in [-0.1, -0.05) is 13.3 Å². The van der Waals surface area contributed by atoms with Crippen LogP contribution in [0.25, 0.3) is 0 Å². The third-order valence-corrected chi connectivity index (χ3v) is 1.81. The quantitative estimate of drug-likeness (QED) is 0.696. The first-order valence-electron chi connectivity index (χ1n) is 4.20. The first kappa shape index (κ1) is 11.8. The zero-order valence-corrected chi connectivity index (χ0v) is 7.19. The number of halogens is 3. The second-order valence-corrected chi connectivity index (χ2v) is 2.89. The first-order chi connectivity index (χ1) is 5.52. The monoisotopic (exact) mass is 184 g/mol. The molecule has 0 aliphatic rings. The van der Waals surface area contributed by atoms with Crippen molar-refractivity contribution in [1.82, 2.24) is 0 Å². The van der Waals surface area contributed by atoms with Crippen LogP contribution in [-0.2, 0) is 0 Å². The van der Waals surface area contributed by atoms with Crippen molar-refractivity contribution in [3.05, 3.63) is 0 Å². The minimum absolute atomic E-state index is 0.0494. The summed E-state index contributed by atoms with van der Waals surface area (Å²) < 4.78 is 36.4. The maximum absolute atomic E-state index is 12.1. The van der Waals surface area contributed by atoms with E-state index in [2.05, 4.69) is 0 Å². The molecular formula is C8H15F3O. The van der Waals surface area contributed by atoms with Crippen LogP contribution in [0.15, 0.2) is 0 Å². The average Bonchev–Trinajstić information content (AvgIpc) is 1.95. The standard InChI is InChI=1S/C8H15F3O/c1-2-4-7(5-3-6-12)8(9,10)11/h7,12H,2-6H2,1H3. The Hall–Kier alpha value is -0.250. The molecule has 0 aliphatic carbocycles. The molecule has 0 aliphatic heterocycles. The highest BCUT2D eigenvalue weighted by molar-refractivity contribution is 4.66. The van der Waals surface area contributed by atoms with Crippen LogP contribution >= 0.6 is 0 Å². The number of hydrogen-bond donors (Lipinski definition) is 1. The minimum Gasteiger partial charge on any atom is -0.396 e. The lowest BCUT2D eigenvalue weighted by molar-refractivity contribution is -0.178. The fraction of sp³-hybridized carbons (Fsp3) is 1.00. The molecule has 0 aromatic heterocycles. The van der Waals surface area contributed by atoms with E-state index in [-0.39, 0.29) is 25.9 Å².